The first-order valence-corrected chi connectivity index (χ1v) is 10.8. The molecule has 0 aromatic rings. The maximum Gasteiger partial charge on any atom is 0.213 e. The van der Waals surface area contributed by atoms with Crippen molar-refractivity contribution < 1.29 is 17.9 Å². The summed E-state index contributed by atoms with van der Waals surface area (Å²) in [6.07, 6.45) is 5.15. The minimum absolute atomic E-state index is 0. The molecule has 0 aromatic heterocycles. The molecule has 0 aromatic carbocycles. The predicted molar refractivity (Wildman–Crippen MR) is 114 cm³/mol. The van der Waals surface area contributed by atoms with Gasteiger partial charge in [-0.2, -0.15) is 0 Å². The number of sulfonamides is 1. The SMILES string of the molecule is CN=C(NCCS(=O)(=O)NCC1CCCCO1)NCC1(C)CCCO1.I. The molecule has 0 spiro atoms. The number of halogens is 1. The zero-order chi connectivity index (χ0) is 18.2. The van der Waals surface area contributed by atoms with Crippen molar-refractivity contribution >= 4 is 40.0 Å². The van der Waals surface area contributed by atoms with Crippen LogP contribution in [0.25, 0.3) is 0 Å². The summed E-state index contributed by atoms with van der Waals surface area (Å²) in [5, 5.41) is 6.24. The van der Waals surface area contributed by atoms with Crippen LogP contribution in [0.4, 0.5) is 0 Å². The number of hydrogen-bond acceptors (Lipinski definition) is 5. The summed E-state index contributed by atoms with van der Waals surface area (Å²) >= 11 is 0. The lowest BCUT2D eigenvalue weighted by Crippen LogP contribution is -2.47. The molecule has 3 N–H and O–H groups in total. The van der Waals surface area contributed by atoms with Gasteiger partial charge in [0.05, 0.1) is 17.5 Å². The average Bonchev–Trinajstić information content (AvgIpc) is 3.04. The quantitative estimate of drug-likeness (QED) is 0.257. The van der Waals surface area contributed by atoms with Crippen molar-refractivity contribution in [1.29, 1.82) is 0 Å². The standard InChI is InChI=1S/C16H32N4O4S.HI/c1-16(7-5-10-24-16)13-19-15(17-2)18-8-11-25(21,22)20-12-14-6-3-4-9-23-14;/h14,20H,3-13H2,1-2H3,(H2,17,18,19);1H. The number of nitrogens with one attached hydrogen (secondary N) is 3. The lowest BCUT2D eigenvalue weighted by molar-refractivity contribution is 0.0200. The molecule has 0 amide bonds. The molecule has 10 heteroatoms. The van der Waals surface area contributed by atoms with Gasteiger partial charge in [0.15, 0.2) is 5.96 Å². The molecule has 2 unspecified atom stereocenters. The highest BCUT2D eigenvalue weighted by atomic mass is 127. The Kier molecular flexibility index (Phi) is 10.7. The highest BCUT2D eigenvalue weighted by Crippen LogP contribution is 2.23. The number of rotatable bonds is 8. The van der Waals surface area contributed by atoms with Crippen LogP contribution in [0, 0.1) is 0 Å². The van der Waals surface area contributed by atoms with Gasteiger partial charge in [-0.15, -0.1) is 24.0 Å². The first-order chi connectivity index (χ1) is 11.9. The molecule has 2 fully saturated rings. The lowest BCUT2D eigenvalue weighted by Gasteiger charge is -2.24. The van der Waals surface area contributed by atoms with E-state index >= 15 is 0 Å². The van der Waals surface area contributed by atoms with Gasteiger partial charge in [-0.3, -0.25) is 4.99 Å². The Morgan fingerprint density at radius 1 is 1.23 bits per heavy atom. The van der Waals surface area contributed by atoms with Crippen molar-refractivity contribution in [2.45, 2.75) is 50.7 Å². The first-order valence-electron chi connectivity index (χ1n) is 9.10. The number of ether oxygens (including phenoxy) is 2. The predicted octanol–water partition coefficient (Wildman–Crippen LogP) is 0.827. The summed E-state index contributed by atoms with van der Waals surface area (Å²) in [7, 11) is -1.66. The summed E-state index contributed by atoms with van der Waals surface area (Å²) in [4.78, 5) is 4.12. The van der Waals surface area contributed by atoms with E-state index in [2.05, 4.69) is 27.3 Å². The molecule has 2 rings (SSSR count). The third-order valence-electron chi connectivity index (χ3n) is 4.62. The monoisotopic (exact) mass is 504 g/mol. The topological polar surface area (TPSA) is 101 Å². The normalized spacial score (nSPS) is 27.0. The van der Waals surface area contributed by atoms with Crippen LogP contribution in [0.1, 0.15) is 39.0 Å². The molecule has 0 bridgehead atoms. The van der Waals surface area contributed by atoms with E-state index in [1.165, 1.54) is 0 Å². The zero-order valence-corrected chi connectivity index (χ0v) is 18.9. The Hall–Kier alpha value is -0.170. The van der Waals surface area contributed by atoms with Crippen LogP contribution in [0.2, 0.25) is 0 Å². The minimum atomic E-state index is -3.33. The van der Waals surface area contributed by atoms with Gasteiger partial charge in [-0.1, -0.05) is 0 Å². The molecule has 2 atom stereocenters. The van der Waals surface area contributed by atoms with Crippen molar-refractivity contribution in [2.75, 3.05) is 45.6 Å². The van der Waals surface area contributed by atoms with E-state index in [9.17, 15) is 8.42 Å². The first kappa shape index (κ1) is 23.9. The summed E-state index contributed by atoms with van der Waals surface area (Å²) < 4.78 is 38.0. The van der Waals surface area contributed by atoms with Crippen LogP contribution >= 0.6 is 24.0 Å². The molecular weight excluding hydrogens is 471 g/mol. The molecule has 26 heavy (non-hydrogen) atoms. The molecule has 2 aliphatic heterocycles. The molecule has 2 saturated heterocycles. The number of aliphatic imine (C=N–C) groups is 1. The van der Waals surface area contributed by atoms with Crippen molar-refractivity contribution in [3.05, 3.63) is 0 Å². The van der Waals surface area contributed by atoms with Crippen LogP contribution in [0.5, 0.6) is 0 Å². The van der Waals surface area contributed by atoms with Crippen molar-refractivity contribution in [3.8, 4) is 0 Å². The number of guanidine groups is 1. The van der Waals surface area contributed by atoms with Crippen LogP contribution in [0.15, 0.2) is 4.99 Å². The largest absolute Gasteiger partial charge is 0.377 e. The summed E-state index contributed by atoms with van der Waals surface area (Å²) in [6, 6.07) is 0. The molecule has 2 aliphatic rings. The molecular formula is C16H33IN4O4S. The molecule has 0 aliphatic carbocycles. The Bertz CT molecular complexity index is 532. The van der Waals surface area contributed by atoms with Gasteiger partial charge in [0, 0.05) is 39.9 Å². The minimum Gasteiger partial charge on any atom is -0.377 e. The van der Waals surface area contributed by atoms with E-state index in [1.807, 2.05) is 0 Å². The maximum absolute atomic E-state index is 12.1. The zero-order valence-electron chi connectivity index (χ0n) is 15.8. The van der Waals surface area contributed by atoms with Crippen molar-refractivity contribution in [2.24, 2.45) is 4.99 Å². The van der Waals surface area contributed by atoms with Gasteiger partial charge in [0.25, 0.3) is 0 Å². The highest BCUT2D eigenvalue weighted by molar-refractivity contribution is 14.0. The van der Waals surface area contributed by atoms with E-state index in [0.29, 0.717) is 19.0 Å². The Morgan fingerprint density at radius 3 is 2.65 bits per heavy atom. The maximum atomic E-state index is 12.1. The van der Waals surface area contributed by atoms with E-state index in [4.69, 9.17) is 9.47 Å². The van der Waals surface area contributed by atoms with Gasteiger partial charge >= 0.3 is 0 Å². The fourth-order valence-electron chi connectivity index (χ4n) is 3.03. The second-order valence-corrected chi connectivity index (χ2v) is 8.84. The lowest BCUT2D eigenvalue weighted by atomic mass is 10.0. The van der Waals surface area contributed by atoms with Crippen LogP contribution < -0.4 is 15.4 Å². The van der Waals surface area contributed by atoms with Gasteiger partial charge in [0.1, 0.15) is 0 Å². The third kappa shape index (κ3) is 8.68. The third-order valence-corrected chi connectivity index (χ3v) is 5.97. The van der Waals surface area contributed by atoms with Gasteiger partial charge in [-0.25, -0.2) is 13.1 Å². The second-order valence-electron chi connectivity index (χ2n) is 6.91. The van der Waals surface area contributed by atoms with Gasteiger partial charge in [-0.05, 0) is 39.0 Å². The van der Waals surface area contributed by atoms with Crippen LogP contribution in [-0.2, 0) is 19.5 Å². The fraction of sp³-hybridized carbons (Fsp3) is 0.938. The highest BCUT2D eigenvalue weighted by Gasteiger charge is 2.29. The van der Waals surface area contributed by atoms with Crippen LogP contribution in [-0.4, -0.2) is 71.7 Å². The van der Waals surface area contributed by atoms with Crippen molar-refractivity contribution in [1.82, 2.24) is 15.4 Å². The molecule has 0 saturated carbocycles. The average molecular weight is 504 g/mol. The van der Waals surface area contributed by atoms with E-state index < -0.39 is 10.0 Å². The van der Waals surface area contributed by atoms with Crippen LogP contribution in [0.3, 0.4) is 0 Å². The molecule has 2 heterocycles. The Morgan fingerprint density at radius 2 is 2.04 bits per heavy atom. The summed E-state index contributed by atoms with van der Waals surface area (Å²) in [5.74, 6) is 0.580. The van der Waals surface area contributed by atoms with Crippen molar-refractivity contribution in [3.63, 3.8) is 0 Å². The second kappa shape index (κ2) is 11.6. The van der Waals surface area contributed by atoms with E-state index in [-0.39, 0.29) is 48.0 Å². The molecule has 154 valence electrons. The van der Waals surface area contributed by atoms with Gasteiger partial charge < -0.3 is 20.1 Å². The smallest absolute Gasteiger partial charge is 0.213 e. The van der Waals surface area contributed by atoms with E-state index in [1.54, 1.807) is 7.05 Å². The summed E-state index contributed by atoms with van der Waals surface area (Å²) in [5.41, 5.74) is -0.175. The number of nitrogens with zero attached hydrogens (tertiary/aromatic N) is 1. The molecule has 8 nitrogen and oxygen atoms in total. The molecule has 0 radical (unpaired) electrons. The Balaban J connectivity index is 0.00000338. The van der Waals surface area contributed by atoms with E-state index in [0.717, 1.165) is 45.3 Å². The number of hydrogen-bond donors (Lipinski definition) is 3. The Labute approximate surface area is 174 Å². The summed E-state index contributed by atoms with van der Waals surface area (Å²) in [6.45, 7) is 4.87. The van der Waals surface area contributed by atoms with Gasteiger partial charge in [0.2, 0.25) is 10.0 Å². The fourth-order valence-corrected chi connectivity index (χ4v) is 3.99.